The van der Waals surface area contributed by atoms with Gasteiger partial charge in [0.2, 0.25) is 5.91 Å². The molecule has 126 valence electrons. The normalized spacial score (nSPS) is 22.7. The molecule has 1 aliphatic rings. The molecule has 2 aromatic rings. The van der Waals surface area contributed by atoms with Gasteiger partial charge in [0.15, 0.2) is 0 Å². The number of hydrogen-bond donors (Lipinski definition) is 2. The molecule has 2 unspecified atom stereocenters. The summed E-state index contributed by atoms with van der Waals surface area (Å²) in [5.74, 6) is 0.00832. The van der Waals surface area contributed by atoms with E-state index in [9.17, 15) is 9.90 Å². The fraction of sp³-hybridized carbons (Fsp3) is 0.381. The van der Waals surface area contributed by atoms with E-state index in [1.807, 2.05) is 18.2 Å². The SMILES string of the molecule is CC(=O)NCCC1(Cc2ccccc2)CCC(O)c2ccccc21. The molecule has 3 nitrogen and oxygen atoms in total. The van der Waals surface area contributed by atoms with Crippen LogP contribution >= 0.6 is 0 Å². The minimum atomic E-state index is -0.383. The van der Waals surface area contributed by atoms with E-state index in [0.717, 1.165) is 31.2 Å². The molecule has 24 heavy (non-hydrogen) atoms. The summed E-state index contributed by atoms with van der Waals surface area (Å²) in [5, 5.41) is 13.3. The summed E-state index contributed by atoms with van der Waals surface area (Å²) in [4.78, 5) is 11.3. The largest absolute Gasteiger partial charge is 0.388 e. The van der Waals surface area contributed by atoms with Crippen molar-refractivity contribution in [1.29, 1.82) is 0 Å². The fourth-order valence-electron chi connectivity index (χ4n) is 3.97. The van der Waals surface area contributed by atoms with Crippen LogP contribution in [0, 0.1) is 0 Å². The van der Waals surface area contributed by atoms with E-state index in [1.165, 1.54) is 11.1 Å². The maximum Gasteiger partial charge on any atom is 0.216 e. The molecular weight excluding hydrogens is 298 g/mol. The van der Waals surface area contributed by atoms with Crippen molar-refractivity contribution in [3.05, 3.63) is 71.3 Å². The van der Waals surface area contributed by atoms with Crippen molar-refractivity contribution in [2.24, 2.45) is 0 Å². The van der Waals surface area contributed by atoms with E-state index in [2.05, 4.69) is 41.7 Å². The predicted molar refractivity (Wildman–Crippen MR) is 95.8 cm³/mol. The van der Waals surface area contributed by atoms with Gasteiger partial charge in [-0.3, -0.25) is 4.79 Å². The third-order valence-corrected chi connectivity index (χ3v) is 5.15. The van der Waals surface area contributed by atoms with Crippen molar-refractivity contribution in [3.63, 3.8) is 0 Å². The summed E-state index contributed by atoms with van der Waals surface area (Å²) in [7, 11) is 0. The van der Waals surface area contributed by atoms with Crippen LogP contribution in [0.25, 0.3) is 0 Å². The van der Waals surface area contributed by atoms with Crippen LogP contribution in [0.15, 0.2) is 54.6 Å². The van der Waals surface area contributed by atoms with Crippen molar-refractivity contribution >= 4 is 5.91 Å². The van der Waals surface area contributed by atoms with E-state index in [1.54, 1.807) is 6.92 Å². The maximum absolute atomic E-state index is 11.3. The Balaban J connectivity index is 1.96. The number of amides is 1. The number of carbonyl (C=O) groups is 1. The minimum Gasteiger partial charge on any atom is -0.388 e. The van der Waals surface area contributed by atoms with Crippen LogP contribution in [-0.2, 0) is 16.6 Å². The smallest absolute Gasteiger partial charge is 0.216 e. The van der Waals surface area contributed by atoms with Gasteiger partial charge in [-0.15, -0.1) is 0 Å². The first-order valence-corrected chi connectivity index (χ1v) is 8.67. The van der Waals surface area contributed by atoms with Crippen molar-refractivity contribution in [2.45, 2.75) is 44.1 Å². The standard InChI is InChI=1S/C21H25NO2/c1-16(23)22-14-13-21(15-17-7-3-2-4-8-17)12-11-20(24)18-9-5-6-10-19(18)21/h2-10,20,24H,11-15H2,1H3,(H,22,23). The molecule has 0 fully saturated rings. The topological polar surface area (TPSA) is 49.3 Å². The first-order valence-electron chi connectivity index (χ1n) is 8.67. The highest BCUT2D eigenvalue weighted by Crippen LogP contribution is 2.45. The fourth-order valence-corrected chi connectivity index (χ4v) is 3.97. The van der Waals surface area contributed by atoms with Gasteiger partial charge in [0, 0.05) is 18.9 Å². The molecule has 0 spiro atoms. The number of fused-ring (bicyclic) bond motifs is 1. The number of aliphatic hydroxyl groups is 1. The molecule has 0 aliphatic heterocycles. The van der Waals surface area contributed by atoms with Crippen molar-refractivity contribution in [2.75, 3.05) is 6.54 Å². The van der Waals surface area contributed by atoms with E-state index in [-0.39, 0.29) is 17.4 Å². The highest BCUT2D eigenvalue weighted by atomic mass is 16.3. The number of hydrogen-bond acceptors (Lipinski definition) is 2. The predicted octanol–water partition coefficient (Wildman–Crippen LogP) is 3.52. The van der Waals surface area contributed by atoms with Crippen molar-refractivity contribution in [3.8, 4) is 0 Å². The molecule has 3 heteroatoms. The Morgan fingerprint density at radius 2 is 1.88 bits per heavy atom. The van der Waals surface area contributed by atoms with E-state index < -0.39 is 0 Å². The van der Waals surface area contributed by atoms with Crippen molar-refractivity contribution in [1.82, 2.24) is 5.32 Å². The molecule has 1 aliphatic carbocycles. The average Bonchev–Trinajstić information content (AvgIpc) is 2.59. The van der Waals surface area contributed by atoms with Gasteiger partial charge < -0.3 is 10.4 Å². The molecule has 0 saturated carbocycles. The molecule has 2 N–H and O–H groups in total. The first-order chi connectivity index (χ1) is 11.6. The van der Waals surface area contributed by atoms with Gasteiger partial charge in [-0.05, 0) is 42.4 Å². The Morgan fingerprint density at radius 1 is 1.17 bits per heavy atom. The third kappa shape index (κ3) is 3.51. The molecular formula is C21H25NO2. The second-order valence-corrected chi connectivity index (χ2v) is 6.82. The maximum atomic E-state index is 11.3. The van der Waals surface area contributed by atoms with Gasteiger partial charge in [-0.2, -0.15) is 0 Å². The highest BCUT2D eigenvalue weighted by molar-refractivity contribution is 5.72. The van der Waals surface area contributed by atoms with E-state index >= 15 is 0 Å². The molecule has 3 rings (SSSR count). The van der Waals surface area contributed by atoms with Crippen LogP contribution in [0.4, 0.5) is 0 Å². The van der Waals surface area contributed by atoms with Crippen molar-refractivity contribution < 1.29 is 9.90 Å². The van der Waals surface area contributed by atoms with Gasteiger partial charge >= 0.3 is 0 Å². The van der Waals surface area contributed by atoms with Gasteiger partial charge in [0.25, 0.3) is 0 Å². The monoisotopic (exact) mass is 323 g/mol. The molecule has 0 heterocycles. The van der Waals surface area contributed by atoms with Crippen LogP contribution < -0.4 is 5.32 Å². The second kappa shape index (κ2) is 7.18. The molecule has 2 atom stereocenters. The summed E-state index contributed by atoms with van der Waals surface area (Å²) >= 11 is 0. The third-order valence-electron chi connectivity index (χ3n) is 5.15. The Morgan fingerprint density at radius 3 is 2.62 bits per heavy atom. The number of rotatable bonds is 5. The molecule has 1 amide bonds. The summed E-state index contributed by atoms with van der Waals surface area (Å²) in [5.41, 5.74) is 3.53. The lowest BCUT2D eigenvalue weighted by atomic mass is 9.64. The molecule has 0 aromatic heterocycles. The quantitative estimate of drug-likeness (QED) is 0.884. The minimum absolute atomic E-state index is 0.00832. The summed E-state index contributed by atoms with van der Waals surface area (Å²) in [6.45, 7) is 2.22. The lowest BCUT2D eigenvalue weighted by Gasteiger charge is -2.41. The summed E-state index contributed by atoms with van der Waals surface area (Å²) in [6, 6.07) is 18.7. The van der Waals surface area contributed by atoms with Gasteiger partial charge in [0.1, 0.15) is 0 Å². The molecule has 2 aromatic carbocycles. The first kappa shape index (κ1) is 16.7. The number of nitrogens with one attached hydrogen (secondary N) is 1. The zero-order chi connectivity index (χ0) is 17.0. The zero-order valence-electron chi connectivity index (χ0n) is 14.2. The molecule has 0 radical (unpaired) electrons. The Bertz CT molecular complexity index is 698. The van der Waals surface area contributed by atoms with Crippen LogP contribution in [-0.4, -0.2) is 17.6 Å². The van der Waals surface area contributed by atoms with Gasteiger partial charge in [-0.25, -0.2) is 0 Å². The van der Waals surface area contributed by atoms with Crippen LogP contribution in [0.2, 0.25) is 0 Å². The van der Waals surface area contributed by atoms with E-state index in [4.69, 9.17) is 0 Å². The molecule has 0 saturated heterocycles. The van der Waals surface area contributed by atoms with Crippen LogP contribution in [0.5, 0.6) is 0 Å². The van der Waals surface area contributed by atoms with Crippen LogP contribution in [0.3, 0.4) is 0 Å². The average molecular weight is 323 g/mol. The number of benzene rings is 2. The molecule has 0 bridgehead atoms. The Kier molecular flexibility index (Phi) is 5.00. The second-order valence-electron chi connectivity index (χ2n) is 6.82. The van der Waals surface area contributed by atoms with Gasteiger partial charge in [-0.1, -0.05) is 54.6 Å². The lowest BCUT2D eigenvalue weighted by molar-refractivity contribution is -0.119. The number of carbonyl (C=O) groups excluding carboxylic acids is 1. The Labute approximate surface area is 143 Å². The van der Waals surface area contributed by atoms with Crippen LogP contribution in [0.1, 0.15) is 49.0 Å². The summed E-state index contributed by atoms with van der Waals surface area (Å²) < 4.78 is 0. The summed E-state index contributed by atoms with van der Waals surface area (Å²) in [6.07, 6.45) is 3.12. The Hall–Kier alpha value is -2.13. The van der Waals surface area contributed by atoms with Gasteiger partial charge in [0.05, 0.1) is 6.10 Å². The zero-order valence-corrected chi connectivity index (χ0v) is 14.2. The van der Waals surface area contributed by atoms with E-state index in [0.29, 0.717) is 6.54 Å². The lowest BCUT2D eigenvalue weighted by Crippen LogP contribution is -2.38. The number of aliphatic hydroxyl groups excluding tert-OH is 1. The highest BCUT2D eigenvalue weighted by Gasteiger charge is 2.38.